The number of nitrogens with zero attached hydrogens (tertiary/aromatic N) is 1. The Kier molecular flexibility index (Phi) is 8.27. The van der Waals surface area contributed by atoms with Crippen molar-refractivity contribution in [3.8, 4) is 0 Å². The topological polar surface area (TPSA) is 44.4 Å². The van der Waals surface area contributed by atoms with Crippen molar-refractivity contribution < 1.29 is 4.79 Å². The van der Waals surface area contributed by atoms with Crippen molar-refractivity contribution in [2.75, 3.05) is 26.2 Å². The monoisotopic (exact) mass is 297 g/mol. The van der Waals surface area contributed by atoms with Crippen molar-refractivity contribution in [3.05, 3.63) is 0 Å². The zero-order valence-electron chi connectivity index (χ0n) is 14.6. The van der Waals surface area contributed by atoms with Crippen molar-refractivity contribution in [1.29, 1.82) is 0 Å². The first-order valence-electron chi connectivity index (χ1n) is 8.72. The maximum absolute atomic E-state index is 12.4. The first-order valence-corrected chi connectivity index (χ1v) is 8.72. The molecule has 0 aromatic rings. The lowest BCUT2D eigenvalue weighted by atomic mass is 9.92. The fraction of sp³-hybridized carbons (Fsp3) is 0.941. The maximum Gasteiger partial charge on any atom is 0.223 e. The molecule has 0 spiro atoms. The second kappa shape index (κ2) is 9.42. The smallest absolute Gasteiger partial charge is 0.223 e. The first kappa shape index (κ1) is 18.4. The van der Waals surface area contributed by atoms with E-state index in [1.165, 1.54) is 0 Å². The molecule has 0 bridgehead atoms. The van der Waals surface area contributed by atoms with Crippen LogP contribution in [0.25, 0.3) is 0 Å². The van der Waals surface area contributed by atoms with Crippen LogP contribution >= 0.6 is 0 Å². The normalized spacial score (nSPS) is 24.3. The molecule has 1 unspecified atom stereocenters. The van der Waals surface area contributed by atoms with Crippen LogP contribution in [-0.4, -0.2) is 49.1 Å². The second-order valence-corrected chi connectivity index (χ2v) is 6.83. The van der Waals surface area contributed by atoms with Crippen LogP contribution in [0.5, 0.6) is 0 Å². The van der Waals surface area contributed by atoms with E-state index in [0.717, 1.165) is 45.4 Å². The Bertz CT molecular complexity index is 302. The molecule has 1 fully saturated rings. The molecule has 0 saturated carbocycles. The minimum atomic E-state index is 0.192. The number of likely N-dealkylation sites (N-methyl/N-ethyl adjacent to an activating group) is 1. The number of hydrogen-bond acceptors (Lipinski definition) is 3. The molecule has 0 aromatic heterocycles. The SMILES string of the molecule is CCN(CC)C(CNC(=O)[C@H]1CCN[C@@H](C)C1)CC(C)C. The molecule has 1 aliphatic heterocycles. The second-order valence-electron chi connectivity index (χ2n) is 6.83. The highest BCUT2D eigenvalue weighted by Gasteiger charge is 2.25. The van der Waals surface area contributed by atoms with E-state index in [1.54, 1.807) is 0 Å². The zero-order chi connectivity index (χ0) is 15.8. The van der Waals surface area contributed by atoms with Gasteiger partial charge in [-0.1, -0.05) is 27.7 Å². The number of piperidine rings is 1. The fourth-order valence-electron chi connectivity index (χ4n) is 3.38. The summed E-state index contributed by atoms with van der Waals surface area (Å²) in [5.74, 6) is 1.10. The van der Waals surface area contributed by atoms with E-state index in [0.29, 0.717) is 18.0 Å². The lowest BCUT2D eigenvalue weighted by molar-refractivity contribution is -0.126. The van der Waals surface area contributed by atoms with E-state index in [2.05, 4.69) is 50.2 Å². The summed E-state index contributed by atoms with van der Waals surface area (Å²) < 4.78 is 0. The van der Waals surface area contributed by atoms with Gasteiger partial charge in [0.2, 0.25) is 5.91 Å². The van der Waals surface area contributed by atoms with Crippen molar-refractivity contribution in [1.82, 2.24) is 15.5 Å². The summed E-state index contributed by atoms with van der Waals surface area (Å²) in [5.41, 5.74) is 0. The van der Waals surface area contributed by atoms with Crippen molar-refractivity contribution in [2.45, 2.75) is 66.0 Å². The van der Waals surface area contributed by atoms with Crippen molar-refractivity contribution in [2.24, 2.45) is 11.8 Å². The molecule has 3 atom stereocenters. The van der Waals surface area contributed by atoms with Gasteiger partial charge in [0.05, 0.1) is 0 Å². The molecular formula is C17H35N3O. The predicted octanol–water partition coefficient (Wildman–Crippen LogP) is 2.25. The van der Waals surface area contributed by atoms with Gasteiger partial charge in [0, 0.05) is 24.5 Å². The summed E-state index contributed by atoms with van der Waals surface area (Å²) in [5, 5.41) is 6.63. The molecule has 1 saturated heterocycles. The number of nitrogens with one attached hydrogen (secondary N) is 2. The molecule has 0 aromatic carbocycles. The van der Waals surface area contributed by atoms with Gasteiger partial charge in [0.15, 0.2) is 0 Å². The molecule has 1 aliphatic rings. The molecule has 124 valence electrons. The van der Waals surface area contributed by atoms with Gasteiger partial charge < -0.3 is 10.6 Å². The van der Waals surface area contributed by atoms with E-state index in [9.17, 15) is 4.79 Å². The molecule has 2 N–H and O–H groups in total. The van der Waals surface area contributed by atoms with E-state index < -0.39 is 0 Å². The van der Waals surface area contributed by atoms with Gasteiger partial charge in [-0.3, -0.25) is 9.69 Å². The quantitative estimate of drug-likeness (QED) is 0.722. The van der Waals surface area contributed by atoms with Crippen LogP contribution in [0.4, 0.5) is 0 Å². The standard InChI is InChI=1S/C17H35N3O/c1-6-20(7-2)16(10-13(3)4)12-19-17(21)15-8-9-18-14(5)11-15/h13-16,18H,6-12H2,1-5H3,(H,19,21)/t14-,15-,16?/m0/s1. The maximum atomic E-state index is 12.4. The van der Waals surface area contributed by atoms with E-state index in [1.807, 2.05) is 0 Å². The van der Waals surface area contributed by atoms with Crippen LogP contribution in [-0.2, 0) is 4.79 Å². The summed E-state index contributed by atoms with van der Waals surface area (Å²) in [7, 11) is 0. The third-order valence-electron chi connectivity index (χ3n) is 4.58. The Morgan fingerprint density at radius 1 is 1.33 bits per heavy atom. The molecular weight excluding hydrogens is 262 g/mol. The van der Waals surface area contributed by atoms with Gasteiger partial charge in [-0.05, 0) is 51.7 Å². The number of amides is 1. The van der Waals surface area contributed by atoms with E-state index in [4.69, 9.17) is 0 Å². The van der Waals surface area contributed by atoms with Crippen LogP contribution in [0.1, 0.15) is 53.9 Å². The van der Waals surface area contributed by atoms with Crippen LogP contribution in [0, 0.1) is 11.8 Å². The average Bonchev–Trinajstić information content (AvgIpc) is 2.45. The summed E-state index contributed by atoms with van der Waals surface area (Å²) in [6, 6.07) is 0.923. The van der Waals surface area contributed by atoms with Crippen LogP contribution in [0.3, 0.4) is 0 Å². The Hall–Kier alpha value is -0.610. The fourth-order valence-corrected chi connectivity index (χ4v) is 3.38. The molecule has 0 aliphatic carbocycles. The summed E-state index contributed by atoms with van der Waals surface area (Å²) in [6.07, 6.45) is 3.08. The van der Waals surface area contributed by atoms with Gasteiger partial charge in [0.1, 0.15) is 0 Å². The van der Waals surface area contributed by atoms with Gasteiger partial charge >= 0.3 is 0 Å². The Morgan fingerprint density at radius 3 is 2.52 bits per heavy atom. The summed E-state index contributed by atoms with van der Waals surface area (Å²) in [4.78, 5) is 14.8. The summed E-state index contributed by atoms with van der Waals surface area (Å²) >= 11 is 0. The summed E-state index contributed by atoms with van der Waals surface area (Å²) in [6.45, 7) is 14.9. The minimum Gasteiger partial charge on any atom is -0.354 e. The number of rotatable bonds is 8. The molecule has 1 amide bonds. The third-order valence-corrected chi connectivity index (χ3v) is 4.58. The Labute approximate surface area is 131 Å². The minimum absolute atomic E-state index is 0.192. The number of carbonyl (C=O) groups excluding carboxylic acids is 1. The highest BCUT2D eigenvalue weighted by Crippen LogP contribution is 2.16. The Morgan fingerprint density at radius 2 is 2.00 bits per heavy atom. The predicted molar refractivity (Wildman–Crippen MR) is 89.4 cm³/mol. The Balaban J connectivity index is 2.49. The van der Waals surface area contributed by atoms with E-state index >= 15 is 0 Å². The zero-order valence-corrected chi connectivity index (χ0v) is 14.6. The average molecular weight is 297 g/mol. The van der Waals surface area contributed by atoms with Crippen LogP contribution < -0.4 is 10.6 Å². The molecule has 4 heteroatoms. The van der Waals surface area contributed by atoms with Gasteiger partial charge in [-0.25, -0.2) is 0 Å². The van der Waals surface area contributed by atoms with Gasteiger partial charge in [-0.2, -0.15) is 0 Å². The van der Waals surface area contributed by atoms with E-state index in [-0.39, 0.29) is 11.8 Å². The van der Waals surface area contributed by atoms with Gasteiger partial charge in [0.25, 0.3) is 0 Å². The first-order chi connectivity index (χ1) is 9.97. The lowest BCUT2D eigenvalue weighted by Crippen LogP contribution is -2.48. The highest BCUT2D eigenvalue weighted by molar-refractivity contribution is 5.78. The van der Waals surface area contributed by atoms with Gasteiger partial charge in [-0.15, -0.1) is 0 Å². The molecule has 4 nitrogen and oxygen atoms in total. The highest BCUT2D eigenvalue weighted by atomic mass is 16.1. The van der Waals surface area contributed by atoms with Crippen molar-refractivity contribution in [3.63, 3.8) is 0 Å². The van der Waals surface area contributed by atoms with Crippen LogP contribution in [0.15, 0.2) is 0 Å². The molecule has 0 radical (unpaired) electrons. The largest absolute Gasteiger partial charge is 0.354 e. The third kappa shape index (κ3) is 6.35. The van der Waals surface area contributed by atoms with Crippen molar-refractivity contribution >= 4 is 5.91 Å². The number of hydrogen-bond donors (Lipinski definition) is 2. The molecule has 21 heavy (non-hydrogen) atoms. The molecule has 1 heterocycles. The molecule has 1 rings (SSSR count). The van der Waals surface area contributed by atoms with Crippen LogP contribution in [0.2, 0.25) is 0 Å². The number of carbonyl (C=O) groups is 1. The lowest BCUT2D eigenvalue weighted by Gasteiger charge is -2.32.